The van der Waals surface area contributed by atoms with Gasteiger partial charge in [0.2, 0.25) is 0 Å². The number of allylic oxidation sites excluding steroid dienone is 1. The first-order valence-corrected chi connectivity index (χ1v) is 75.4. The van der Waals surface area contributed by atoms with Gasteiger partial charge in [-0.3, -0.25) is 0 Å². The van der Waals surface area contributed by atoms with E-state index >= 15 is 0 Å². The van der Waals surface area contributed by atoms with Crippen molar-refractivity contribution in [2.75, 3.05) is 0 Å². The van der Waals surface area contributed by atoms with Gasteiger partial charge in [0.1, 0.15) is 0 Å². The van der Waals surface area contributed by atoms with Crippen LogP contribution in [0.2, 0.25) is 258 Å². The fourth-order valence-electron chi connectivity index (χ4n) is 8.82. The molecule has 0 saturated heterocycles. The van der Waals surface area contributed by atoms with E-state index in [1.54, 1.807) is 0 Å². The highest BCUT2D eigenvalue weighted by atomic mass is 28.5. The van der Waals surface area contributed by atoms with Crippen molar-refractivity contribution in [1.82, 2.24) is 0 Å². The summed E-state index contributed by atoms with van der Waals surface area (Å²) in [6.45, 7) is 79.6. The largest absolute Gasteiger partial charge is 0.473 e. The molecule has 0 N–H and O–H groups in total. The van der Waals surface area contributed by atoms with Gasteiger partial charge in [0, 0.05) is 24.2 Å². The lowest BCUT2D eigenvalue weighted by molar-refractivity contribution is 0.248. The van der Waals surface area contributed by atoms with Gasteiger partial charge in [-0.25, -0.2) is 0 Å². The summed E-state index contributed by atoms with van der Waals surface area (Å²) in [5.74, 6) is 0. The van der Waals surface area contributed by atoms with Gasteiger partial charge in [0.15, 0.2) is 99.8 Å². The van der Waals surface area contributed by atoms with Crippen LogP contribution in [0.5, 0.6) is 0 Å². The van der Waals surface area contributed by atoms with Gasteiger partial charge in [-0.05, 0) is 253 Å². The van der Waals surface area contributed by atoms with Crippen LogP contribution < -0.4 is 0 Å². The Morgan fingerprint density at radius 1 is 0.219 bits per heavy atom. The standard InChI is InChI=1S/C45H122O12Si16/c1-35-39-70(55-67(29,30)40-36-43-71(46-58(2,3)4,47-59(5,6)7)48-60(8,9)10,56-68(31,32)41-37-44-72(49-61(11,12)13,50-62(14,15)16)51-63(17,18)19)57-69(33,34)42-38-45-73(52-64(20,21)22,53-65(23,24)25)54-66(26,27)28/h35H,1,36-45H2,2-34H3. The van der Waals surface area contributed by atoms with E-state index in [0.29, 0.717) is 6.04 Å². The third-order valence-corrected chi connectivity index (χ3v) is 61.6. The molecule has 0 amide bonds. The van der Waals surface area contributed by atoms with Crippen LogP contribution in [0.1, 0.15) is 19.3 Å². The second-order valence-corrected chi connectivity index (χ2v) is 98.6. The van der Waals surface area contributed by atoms with Crippen LogP contribution in [-0.4, -0.2) is 135 Å². The number of hydrogen-bond donors (Lipinski definition) is 0. The first-order chi connectivity index (χ1) is 31.7. The van der Waals surface area contributed by atoms with Crippen molar-refractivity contribution in [1.29, 1.82) is 0 Å². The van der Waals surface area contributed by atoms with Crippen molar-refractivity contribution in [3.8, 4) is 0 Å². The highest BCUT2D eigenvalue weighted by Crippen LogP contribution is 2.39. The zero-order valence-corrected chi connectivity index (χ0v) is 70.3. The molecule has 0 aromatic carbocycles. The minimum atomic E-state index is -3.45. The molecule has 12 nitrogen and oxygen atoms in total. The van der Waals surface area contributed by atoms with E-state index < -0.39 is 135 Å². The Hall–Kier alpha value is 2.73. The molecule has 0 radical (unpaired) electrons. The molecular formula is C45H122O12Si16. The van der Waals surface area contributed by atoms with E-state index in [1.807, 2.05) is 6.08 Å². The van der Waals surface area contributed by atoms with Gasteiger partial charge in [0.25, 0.3) is 0 Å². The number of hydrogen-bond acceptors (Lipinski definition) is 12. The Morgan fingerprint density at radius 2 is 0.370 bits per heavy atom. The third kappa shape index (κ3) is 37.5. The molecule has 438 valence electrons. The summed E-state index contributed by atoms with van der Waals surface area (Å²) in [7, 11) is -38.5. The monoisotopic (exact) mass is 1300 g/mol. The van der Waals surface area contributed by atoms with Crippen LogP contribution >= 0.6 is 0 Å². The molecule has 0 aromatic rings. The Morgan fingerprint density at radius 3 is 0.493 bits per heavy atom. The summed E-state index contributed by atoms with van der Waals surface area (Å²) in [6.07, 6.45) is 4.67. The predicted molar refractivity (Wildman–Crippen MR) is 356 cm³/mol. The minimum absolute atomic E-state index is 0.551. The topological polar surface area (TPSA) is 111 Å². The molecule has 0 aliphatic heterocycles. The Bertz CT molecular complexity index is 1360. The number of rotatable bonds is 38. The summed E-state index contributed by atoms with van der Waals surface area (Å²) < 4.78 is 87.7. The average Bonchev–Trinajstić information content (AvgIpc) is 2.95. The molecule has 0 unspecified atom stereocenters. The maximum atomic E-state index is 7.80. The smallest absolute Gasteiger partial charge is 0.417 e. The van der Waals surface area contributed by atoms with E-state index in [1.165, 1.54) is 0 Å². The predicted octanol–water partition coefficient (Wildman–Crippen LogP) is 17.4. The average molecular weight is 1300 g/mol. The first kappa shape index (κ1) is 75.7. The van der Waals surface area contributed by atoms with E-state index in [4.69, 9.17) is 49.4 Å². The first-order valence-electron chi connectivity index (χ1n) is 27.7. The molecule has 0 fully saturated rings. The highest BCUT2D eigenvalue weighted by molar-refractivity contribution is 6.94. The van der Waals surface area contributed by atoms with E-state index in [2.05, 4.69) is 223 Å². The second kappa shape index (κ2) is 27.4. The molecule has 0 atom stereocenters. The fraction of sp³-hybridized carbons (Fsp3) is 0.956. The Kier molecular flexibility index (Phi) is 28.4. The maximum absolute atomic E-state index is 7.80. The quantitative estimate of drug-likeness (QED) is 0.0433. The lowest BCUT2D eigenvalue weighted by Gasteiger charge is -2.46. The third-order valence-electron chi connectivity index (χ3n) is 9.63. The Labute approximate surface area is 471 Å². The summed E-state index contributed by atoms with van der Waals surface area (Å²) in [5.41, 5.74) is 0. The van der Waals surface area contributed by atoms with Crippen LogP contribution in [0.25, 0.3) is 0 Å². The summed E-state index contributed by atoms with van der Waals surface area (Å²) in [4.78, 5) is 0. The summed E-state index contributed by atoms with van der Waals surface area (Å²) >= 11 is 0. The van der Waals surface area contributed by atoms with Crippen molar-refractivity contribution >= 4 is 135 Å². The second-order valence-electron chi connectivity index (χ2n) is 31.3. The molecule has 0 spiro atoms. The molecule has 0 aliphatic carbocycles. The molecule has 0 bridgehead atoms. The van der Waals surface area contributed by atoms with E-state index in [0.717, 1.165) is 55.5 Å². The maximum Gasteiger partial charge on any atom is 0.473 e. The minimum Gasteiger partial charge on any atom is -0.417 e. The van der Waals surface area contributed by atoms with Crippen molar-refractivity contribution in [3.63, 3.8) is 0 Å². The summed E-state index contributed by atoms with van der Waals surface area (Å²) in [6, 6.07) is 5.58. The van der Waals surface area contributed by atoms with Crippen LogP contribution in [0.3, 0.4) is 0 Å². The molecular weight excluding hydrogens is 1180 g/mol. The molecule has 28 heteroatoms. The zero-order chi connectivity index (χ0) is 58.3. The van der Waals surface area contributed by atoms with Gasteiger partial charge in [-0.15, -0.1) is 6.58 Å². The van der Waals surface area contributed by atoms with Gasteiger partial charge in [-0.1, -0.05) is 6.08 Å². The molecule has 0 rings (SSSR count). The van der Waals surface area contributed by atoms with Gasteiger partial charge in [-0.2, -0.15) is 0 Å². The van der Waals surface area contributed by atoms with Crippen LogP contribution in [0.4, 0.5) is 0 Å². The fourth-order valence-corrected chi connectivity index (χ4v) is 71.2. The van der Waals surface area contributed by atoms with Gasteiger partial charge >= 0.3 is 35.2 Å². The molecule has 0 aromatic heterocycles. The van der Waals surface area contributed by atoms with Crippen molar-refractivity contribution in [3.05, 3.63) is 12.7 Å². The molecule has 0 heterocycles. The van der Waals surface area contributed by atoms with Crippen LogP contribution in [-0.2, 0) is 49.4 Å². The SMILES string of the molecule is C=CC[Si](O[Si](C)(C)CCC[Si](O[Si](C)(C)C)(O[Si](C)(C)C)O[Si](C)(C)C)(O[Si](C)(C)CCC[Si](O[Si](C)(C)C)(O[Si](C)(C)C)O[Si](C)(C)C)O[Si](C)(C)CCC[Si](O[Si](C)(C)C)(O[Si](C)(C)C)O[Si](C)(C)C. The normalized spacial score (nSPS) is 15.6. The molecule has 0 aliphatic rings. The van der Waals surface area contributed by atoms with E-state index in [9.17, 15) is 0 Å². The highest BCUT2D eigenvalue weighted by Gasteiger charge is 2.56. The van der Waals surface area contributed by atoms with Crippen molar-refractivity contribution in [2.24, 2.45) is 0 Å². The van der Waals surface area contributed by atoms with Gasteiger partial charge in [0.05, 0.1) is 0 Å². The lowest BCUT2D eigenvalue weighted by atomic mass is 10.6. The van der Waals surface area contributed by atoms with Crippen LogP contribution in [0.15, 0.2) is 12.7 Å². The van der Waals surface area contributed by atoms with Crippen molar-refractivity contribution < 1.29 is 49.4 Å². The molecule has 0 saturated carbocycles. The van der Waals surface area contributed by atoms with Crippen molar-refractivity contribution in [2.45, 2.75) is 278 Å². The molecule has 73 heavy (non-hydrogen) atoms. The van der Waals surface area contributed by atoms with Crippen LogP contribution in [0, 0.1) is 0 Å². The van der Waals surface area contributed by atoms with Gasteiger partial charge < -0.3 is 49.4 Å². The zero-order valence-electron chi connectivity index (χ0n) is 54.3. The summed E-state index contributed by atoms with van der Waals surface area (Å²) in [5, 5.41) is 0. The Balaban J connectivity index is 7.60. The lowest BCUT2D eigenvalue weighted by Crippen LogP contribution is -2.62. The van der Waals surface area contributed by atoms with E-state index in [-0.39, 0.29) is 0 Å².